The molecular weight excluding hydrogens is 645 g/mol. The third-order valence-electron chi connectivity index (χ3n) is 10.1. The van der Waals surface area contributed by atoms with Crippen molar-refractivity contribution in [1.29, 1.82) is 0 Å². The average Bonchev–Trinajstić information content (AvgIpc) is 3.77. The van der Waals surface area contributed by atoms with Crippen molar-refractivity contribution in [2.75, 3.05) is 4.90 Å². The van der Waals surface area contributed by atoms with E-state index in [9.17, 15) is 0 Å². The highest BCUT2D eigenvalue weighted by atomic mass is 15.2. The fourth-order valence-electron chi connectivity index (χ4n) is 7.58. The predicted octanol–water partition coefficient (Wildman–Crippen LogP) is 12.9. The maximum absolute atomic E-state index is 5.25. The molecule has 0 atom stereocenters. The van der Waals surface area contributed by atoms with E-state index in [-0.39, 0.29) is 0 Å². The Labute approximate surface area is 308 Å². The lowest BCUT2D eigenvalue weighted by Crippen LogP contribution is -2.11. The molecule has 0 unspecified atom stereocenters. The lowest BCUT2D eigenvalue weighted by atomic mass is 10.0. The van der Waals surface area contributed by atoms with Gasteiger partial charge in [0.2, 0.25) is 5.78 Å². The van der Waals surface area contributed by atoms with E-state index in [1.165, 1.54) is 33.4 Å². The molecule has 4 heteroatoms. The van der Waals surface area contributed by atoms with Crippen molar-refractivity contribution in [3.63, 3.8) is 0 Å². The number of rotatable bonds is 7. The largest absolute Gasteiger partial charge is 0.308 e. The number of anilines is 3. The van der Waals surface area contributed by atoms with Crippen molar-refractivity contribution in [2.45, 2.75) is 0 Å². The Hall–Kier alpha value is -7.17. The molecule has 0 aliphatic rings. The molecule has 53 heavy (non-hydrogen) atoms. The van der Waals surface area contributed by atoms with Crippen molar-refractivity contribution >= 4 is 44.9 Å². The molecule has 0 aliphatic carbocycles. The number of nitrogens with zero attached hydrogens (tertiary/aromatic N) is 4. The SMILES string of the molecule is c1ccc(-c2ccc(N(c3ccc(-c4ccccc4)cc3)c3cccc4c3n3c5ccccc5nc3n4-c3ccc(-c4ccccc4)cc3)cc2)cc1. The van der Waals surface area contributed by atoms with Crippen LogP contribution in [0, 0.1) is 0 Å². The van der Waals surface area contributed by atoms with Crippen LogP contribution in [-0.2, 0) is 0 Å². The topological polar surface area (TPSA) is 25.5 Å². The summed E-state index contributed by atoms with van der Waals surface area (Å²) in [4.78, 5) is 7.63. The standard InChI is InChI=1S/C49H34N4/c1-4-13-35(14-5-1)38-23-29-41(30-24-38)51(42-31-25-39(26-32-42)36-15-6-2-7-16-36)46-21-12-22-47-48(46)53-45-20-11-10-19-44(45)50-49(53)52(47)43-33-27-40(28-34-43)37-17-8-3-9-18-37/h1-34H. The third-order valence-corrected chi connectivity index (χ3v) is 10.1. The van der Waals surface area contributed by atoms with Crippen LogP contribution in [0.4, 0.5) is 17.1 Å². The van der Waals surface area contributed by atoms with Crippen LogP contribution in [-0.4, -0.2) is 14.0 Å². The van der Waals surface area contributed by atoms with Gasteiger partial charge < -0.3 is 4.90 Å². The fourth-order valence-corrected chi connectivity index (χ4v) is 7.58. The second-order valence-corrected chi connectivity index (χ2v) is 13.3. The molecular formula is C49H34N4. The van der Waals surface area contributed by atoms with Gasteiger partial charge in [-0.05, 0) is 94.0 Å². The quantitative estimate of drug-likeness (QED) is 0.168. The monoisotopic (exact) mass is 678 g/mol. The summed E-state index contributed by atoms with van der Waals surface area (Å²) in [5.41, 5.74) is 15.6. The van der Waals surface area contributed by atoms with Crippen LogP contribution in [0.3, 0.4) is 0 Å². The lowest BCUT2D eigenvalue weighted by Gasteiger charge is -2.27. The Morgan fingerprint density at radius 2 is 0.792 bits per heavy atom. The highest BCUT2D eigenvalue weighted by molar-refractivity contribution is 6.02. The average molecular weight is 679 g/mol. The molecule has 0 saturated carbocycles. The first kappa shape index (κ1) is 30.6. The van der Waals surface area contributed by atoms with Gasteiger partial charge in [0, 0.05) is 17.1 Å². The van der Waals surface area contributed by atoms with Gasteiger partial charge in [0.15, 0.2) is 0 Å². The predicted molar refractivity (Wildman–Crippen MR) is 221 cm³/mol. The first-order chi connectivity index (χ1) is 26.3. The van der Waals surface area contributed by atoms with Gasteiger partial charge in [0.05, 0.1) is 27.8 Å². The number of fused-ring (bicyclic) bond motifs is 5. The zero-order chi connectivity index (χ0) is 35.1. The van der Waals surface area contributed by atoms with E-state index in [1.54, 1.807) is 0 Å². The van der Waals surface area contributed by atoms with Gasteiger partial charge in [0.1, 0.15) is 0 Å². The Bertz CT molecular complexity index is 2750. The van der Waals surface area contributed by atoms with Crippen LogP contribution in [0.5, 0.6) is 0 Å². The molecule has 250 valence electrons. The van der Waals surface area contributed by atoms with Crippen LogP contribution in [0.1, 0.15) is 0 Å². The van der Waals surface area contributed by atoms with Gasteiger partial charge in [0.25, 0.3) is 0 Å². The normalized spacial score (nSPS) is 11.4. The highest BCUT2D eigenvalue weighted by Crippen LogP contribution is 2.42. The smallest absolute Gasteiger partial charge is 0.220 e. The molecule has 0 spiro atoms. The van der Waals surface area contributed by atoms with Crippen molar-refractivity contribution in [3.05, 3.63) is 206 Å². The van der Waals surface area contributed by atoms with E-state index in [0.717, 1.165) is 50.6 Å². The Kier molecular flexibility index (Phi) is 7.43. The summed E-state index contributed by atoms with van der Waals surface area (Å²) in [6.07, 6.45) is 0. The Balaban J connectivity index is 1.20. The molecule has 0 saturated heterocycles. The third kappa shape index (κ3) is 5.36. The number of hydrogen-bond donors (Lipinski definition) is 0. The molecule has 8 aromatic carbocycles. The molecule has 0 bridgehead atoms. The van der Waals surface area contributed by atoms with E-state index < -0.39 is 0 Å². The Morgan fingerprint density at radius 1 is 0.358 bits per heavy atom. The highest BCUT2D eigenvalue weighted by Gasteiger charge is 2.24. The van der Waals surface area contributed by atoms with Crippen LogP contribution in [0.15, 0.2) is 206 Å². The van der Waals surface area contributed by atoms with E-state index in [4.69, 9.17) is 4.98 Å². The summed E-state index contributed by atoms with van der Waals surface area (Å²) < 4.78 is 4.62. The Morgan fingerprint density at radius 3 is 1.32 bits per heavy atom. The first-order valence-corrected chi connectivity index (χ1v) is 18.0. The number of para-hydroxylation sites is 3. The van der Waals surface area contributed by atoms with Crippen molar-refractivity contribution in [2.24, 2.45) is 0 Å². The number of imidazole rings is 2. The summed E-state index contributed by atoms with van der Waals surface area (Å²) >= 11 is 0. The second kappa shape index (κ2) is 12.9. The summed E-state index contributed by atoms with van der Waals surface area (Å²) in [6.45, 7) is 0. The zero-order valence-electron chi connectivity index (χ0n) is 28.9. The molecule has 0 amide bonds. The van der Waals surface area contributed by atoms with E-state index in [0.29, 0.717) is 0 Å². The van der Waals surface area contributed by atoms with Crippen molar-refractivity contribution in [1.82, 2.24) is 14.0 Å². The van der Waals surface area contributed by atoms with E-state index in [2.05, 4.69) is 220 Å². The molecule has 0 aliphatic heterocycles. The van der Waals surface area contributed by atoms with Gasteiger partial charge in [-0.2, -0.15) is 0 Å². The minimum atomic E-state index is 0.875. The van der Waals surface area contributed by atoms with Crippen LogP contribution in [0.25, 0.3) is 66.9 Å². The molecule has 2 aromatic heterocycles. The molecule has 10 aromatic rings. The van der Waals surface area contributed by atoms with Gasteiger partial charge in [-0.3, -0.25) is 8.97 Å². The summed E-state index contributed by atoms with van der Waals surface area (Å²) in [7, 11) is 0. The summed E-state index contributed by atoms with van der Waals surface area (Å²) in [5.74, 6) is 0.875. The van der Waals surface area contributed by atoms with E-state index >= 15 is 0 Å². The lowest BCUT2D eigenvalue weighted by molar-refractivity contribution is 1.11. The molecule has 0 fully saturated rings. The summed E-state index contributed by atoms with van der Waals surface area (Å²) in [5, 5.41) is 0. The number of aromatic nitrogens is 3. The van der Waals surface area contributed by atoms with E-state index in [1.807, 2.05) is 0 Å². The maximum Gasteiger partial charge on any atom is 0.220 e. The van der Waals surface area contributed by atoms with Gasteiger partial charge in [-0.25, -0.2) is 4.98 Å². The second-order valence-electron chi connectivity index (χ2n) is 13.3. The van der Waals surface area contributed by atoms with Crippen LogP contribution >= 0.6 is 0 Å². The summed E-state index contributed by atoms with van der Waals surface area (Å²) in [6, 6.07) is 73.3. The first-order valence-electron chi connectivity index (χ1n) is 18.0. The molecule has 2 heterocycles. The van der Waals surface area contributed by atoms with Crippen molar-refractivity contribution in [3.8, 4) is 39.1 Å². The van der Waals surface area contributed by atoms with Crippen LogP contribution in [0.2, 0.25) is 0 Å². The van der Waals surface area contributed by atoms with Crippen molar-refractivity contribution < 1.29 is 0 Å². The van der Waals surface area contributed by atoms with Gasteiger partial charge in [-0.1, -0.05) is 146 Å². The van der Waals surface area contributed by atoms with Crippen LogP contribution < -0.4 is 4.90 Å². The molecule has 10 rings (SSSR count). The number of hydrogen-bond acceptors (Lipinski definition) is 2. The van der Waals surface area contributed by atoms with Gasteiger partial charge >= 0.3 is 0 Å². The minimum absolute atomic E-state index is 0.875. The molecule has 0 N–H and O–H groups in total. The maximum atomic E-state index is 5.25. The number of benzene rings is 8. The fraction of sp³-hybridized carbons (Fsp3) is 0. The minimum Gasteiger partial charge on any atom is -0.308 e. The molecule has 0 radical (unpaired) electrons. The zero-order valence-corrected chi connectivity index (χ0v) is 28.9. The molecule has 4 nitrogen and oxygen atoms in total. The van der Waals surface area contributed by atoms with Gasteiger partial charge in [-0.15, -0.1) is 0 Å².